The first kappa shape index (κ1) is 15.7. The molecule has 9 heteroatoms. The number of aromatic amines is 1. The molecule has 0 fully saturated rings. The Hall–Kier alpha value is -3.23. The molecule has 124 valence electrons. The van der Waals surface area contributed by atoms with Gasteiger partial charge in [-0.25, -0.2) is 4.98 Å². The molecule has 0 atom stereocenters. The number of carboxylic acids is 1. The second kappa shape index (κ2) is 5.76. The van der Waals surface area contributed by atoms with Crippen LogP contribution in [0.1, 0.15) is 10.4 Å². The Morgan fingerprint density at radius 1 is 1.17 bits per heavy atom. The first-order chi connectivity index (χ1) is 11.3. The Kier molecular flexibility index (Phi) is 3.76. The number of carbonyl (C=O) groups is 1. The average Bonchev–Trinajstić information content (AvgIpc) is 2.89. The van der Waals surface area contributed by atoms with Crippen LogP contribution in [0.15, 0.2) is 42.5 Å². The molecule has 0 radical (unpaired) electrons. The molecule has 0 aliphatic rings. The maximum absolute atomic E-state index is 12.1. The summed E-state index contributed by atoms with van der Waals surface area (Å²) < 4.78 is 40.1. The van der Waals surface area contributed by atoms with E-state index in [-0.39, 0.29) is 11.3 Å². The Labute approximate surface area is 132 Å². The van der Waals surface area contributed by atoms with Crippen LogP contribution in [0.2, 0.25) is 0 Å². The van der Waals surface area contributed by atoms with Crippen molar-refractivity contribution in [2.45, 2.75) is 6.36 Å². The summed E-state index contributed by atoms with van der Waals surface area (Å²) in [7, 11) is 0. The number of aromatic carboxylic acids is 1. The van der Waals surface area contributed by atoms with Crippen LogP contribution < -0.4 is 15.2 Å². The maximum atomic E-state index is 12.1. The number of aromatic nitrogens is 2. The lowest BCUT2D eigenvalue weighted by Crippen LogP contribution is -2.21. The fourth-order valence-electron chi connectivity index (χ4n) is 2.07. The molecule has 24 heavy (non-hydrogen) atoms. The number of rotatable bonds is 4. The lowest BCUT2D eigenvalue weighted by Gasteiger charge is -2.09. The molecule has 3 aromatic rings. The van der Waals surface area contributed by atoms with E-state index in [1.165, 1.54) is 30.3 Å². The lowest BCUT2D eigenvalue weighted by atomic mass is 10.2. The lowest BCUT2D eigenvalue weighted by molar-refractivity contribution is -0.274. The van der Waals surface area contributed by atoms with Gasteiger partial charge in [0.05, 0.1) is 17.0 Å². The third-order valence-electron chi connectivity index (χ3n) is 3.07. The maximum Gasteiger partial charge on any atom is 0.573 e. The number of halogens is 3. The van der Waals surface area contributed by atoms with Crippen LogP contribution in [-0.4, -0.2) is 22.3 Å². The molecule has 2 aromatic carbocycles. The highest BCUT2D eigenvalue weighted by Gasteiger charge is 2.30. The second-order valence-electron chi connectivity index (χ2n) is 4.80. The molecule has 6 nitrogen and oxygen atoms in total. The van der Waals surface area contributed by atoms with E-state index >= 15 is 0 Å². The monoisotopic (exact) mass is 336 g/mol. The van der Waals surface area contributed by atoms with Crippen molar-refractivity contribution in [3.63, 3.8) is 0 Å². The van der Waals surface area contributed by atoms with Gasteiger partial charge in [0, 0.05) is 5.69 Å². The second-order valence-corrected chi connectivity index (χ2v) is 4.80. The van der Waals surface area contributed by atoms with Crippen molar-refractivity contribution in [2.24, 2.45) is 0 Å². The van der Waals surface area contributed by atoms with Crippen molar-refractivity contribution in [1.82, 2.24) is 9.97 Å². The van der Waals surface area contributed by atoms with Crippen molar-refractivity contribution in [1.29, 1.82) is 0 Å². The summed E-state index contributed by atoms with van der Waals surface area (Å²) in [5.74, 6) is -1.33. The van der Waals surface area contributed by atoms with Crippen LogP contribution in [-0.2, 0) is 0 Å². The summed E-state index contributed by atoms with van der Waals surface area (Å²) in [5, 5.41) is 13.7. The molecule has 1 aromatic heterocycles. The third kappa shape index (κ3) is 3.57. The molecule has 0 spiro atoms. The Morgan fingerprint density at radius 2 is 1.88 bits per heavy atom. The molecule has 0 bridgehead atoms. The van der Waals surface area contributed by atoms with Gasteiger partial charge in [-0.05, 0) is 42.0 Å². The number of nitrogens with zero attached hydrogens (tertiary/aromatic N) is 1. The minimum Gasteiger partial charge on any atom is -0.545 e. The van der Waals surface area contributed by atoms with Gasteiger partial charge in [-0.3, -0.25) is 0 Å². The molecule has 0 aliphatic carbocycles. The van der Waals surface area contributed by atoms with Crippen LogP contribution in [0.5, 0.6) is 5.75 Å². The highest BCUT2D eigenvalue weighted by atomic mass is 19.4. The van der Waals surface area contributed by atoms with Gasteiger partial charge in [0.15, 0.2) is 0 Å². The quantitative estimate of drug-likeness (QED) is 0.764. The Balaban J connectivity index is 1.78. The number of H-pyrrole nitrogens is 1. The zero-order valence-electron chi connectivity index (χ0n) is 11.8. The van der Waals surface area contributed by atoms with E-state index in [9.17, 15) is 23.1 Å². The fraction of sp³-hybridized carbons (Fsp3) is 0.0667. The molecule has 0 unspecified atom stereocenters. The van der Waals surface area contributed by atoms with E-state index in [0.717, 1.165) is 12.1 Å². The van der Waals surface area contributed by atoms with E-state index < -0.39 is 12.3 Å². The molecule has 2 N–H and O–H groups in total. The van der Waals surface area contributed by atoms with Gasteiger partial charge in [-0.1, -0.05) is 6.07 Å². The summed E-state index contributed by atoms with van der Waals surface area (Å²) in [6, 6.07) is 9.36. The summed E-state index contributed by atoms with van der Waals surface area (Å²) in [6.45, 7) is 0. The number of imidazole rings is 1. The van der Waals surface area contributed by atoms with Crippen molar-refractivity contribution in [2.75, 3.05) is 5.32 Å². The topological polar surface area (TPSA) is 90.1 Å². The number of anilines is 2. The highest BCUT2D eigenvalue weighted by molar-refractivity contribution is 5.91. The number of benzene rings is 2. The van der Waals surface area contributed by atoms with E-state index in [1.54, 1.807) is 0 Å². The number of carboxylic acid groups (broad SMARTS) is 1. The zero-order valence-corrected chi connectivity index (χ0v) is 11.8. The number of nitrogens with one attached hydrogen (secondary N) is 2. The fourth-order valence-corrected chi connectivity index (χ4v) is 2.07. The number of hydrogen-bond donors (Lipinski definition) is 2. The summed E-state index contributed by atoms with van der Waals surface area (Å²) in [5.41, 5.74) is 1.49. The predicted molar refractivity (Wildman–Crippen MR) is 76.8 cm³/mol. The van der Waals surface area contributed by atoms with Crippen LogP contribution >= 0.6 is 0 Å². The number of alkyl halides is 3. The number of ether oxygens (including phenoxy) is 1. The van der Waals surface area contributed by atoms with Crippen LogP contribution in [0.4, 0.5) is 24.8 Å². The van der Waals surface area contributed by atoms with Gasteiger partial charge in [-0.15, -0.1) is 13.2 Å². The van der Waals surface area contributed by atoms with Crippen molar-refractivity contribution < 1.29 is 27.8 Å². The standard InChI is InChI=1S/C15H10F3N3O3/c16-15(17,18)24-10-4-2-9(3-5-10)19-14-20-11-6-1-8(13(22)23)7-12(11)21-14/h1-7H,(H,22,23)(H2,19,20,21)/p-1. The van der Waals surface area contributed by atoms with Gasteiger partial charge >= 0.3 is 6.36 Å². The van der Waals surface area contributed by atoms with Gasteiger partial charge in [0.25, 0.3) is 0 Å². The van der Waals surface area contributed by atoms with Crippen molar-refractivity contribution >= 4 is 28.6 Å². The average molecular weight is 336 g/mol. The summed E-state index contributed by atoms with van der Waals surface area (Å²) in [4.78, 5) is 17.9. The molecule has 3 rings (SSSR count). The molecular weight excluding hydrogens is 327 g/mol. The number of carbonyl (C=O) groups excluding carboxylic acids is 1. The molecule has 1 heterocycles. The molecule has 0 saturated carbocycles. The van der Waals surface area contributed by atoms with Gasteiger partial charge in [0.2, 0.25) is 5.95 Å². The van der Waals surface area contributed by atoms with E-state index in [4.69, 9.17) is 0 Å². The molecule has 0 amide bonds. The van der Waals surface area contributed by atoms with E-state index in [1.807, 2.05) is 0 Å². The molecule has 0 aliphatic heterocycles. The zero-order chi connectivity index (χ0) is 17.3. The van der Waals surface area contributed by atoms with Gasteiger partial charge in [0.1, 0.15) is 5.75 Å². The minimum absolute atomic E-state index is 0.00588. The smallest absolute Gasteiger partial charge is 0.545 e. The van der Waals surface area contributed by atoms with Crippen LogP contribution in [0, 0.1) is 0 Å². The number of hydrogen-bond acceptors (Lipinski definition) is 5. The van der Waals surface area contributed by atoms with E-state index in [2.05, 4.69) is 20.0 Å². The first-order valence-electron chi connectivity index (χ1n) is 6.64. The van der Waals surface area contributed by atoms with Crippen molar-refractivity contribution in [3.8, 4) is 5.75 Å². The van der Waals surface area contributed by atoms with E-state index in [0.29, 0.717) is 22.7 Å². The highest BCUT2D eigenvalue weighted by Crippen LogP contribution is 2.25. The summed E-state index contributed by atoms with van der Waals surface area (Å²) >= 11 is 0. The summed E-state index contributed by atoms with van der Waals surface area (Å²) in [6.07, 6.45) is -4.75. The first-order valence-corrected chi connectivity index (χ1v) is 6.64. The van der Waals surface area contributed by atoms with Gasteiger partial charge < -0.3 is 24.9 Å². The SMILES string of the molecule is O=C([O-])c1ccc2nc(Nc3ccc(OC(F)(F)F)cc3)[nH]c2c1. The van der Waals surface area contributed by atoms with Gasteiger partial charge in [-0.2, -0.15) is 0 Å². The minimum atomic E-state index is -4.75. The van der Waals surface area contributed by atoms with Crippen LogP contribution in [0.25, 0.3) is 11.0 Å². The largest absolute Gasteiger partial charge is 0.573 e. The normalized spacial score (nSPS) is 11.5. The Morgan fingerprint density at radius 3 is 2.50 bits per heavy atom. The van der Waals surface area contributed by atoms with Crippen molar-refractivity contribution in [3.05, 3.63) is 48.0 Å². The Bertz CT molecular complexity index is 888. The molecular formula is C15H9F3N3O3-. The molecule has 0 saturated heterocycles. The predicted octanol–water partition coefficient (Wildman–Crippen LogP) is 2.57. The third-order valence-corrected chi connectivity index (χ3v) is 3.07. The van der Waals surface area contributed by atoms with Crippen LogP contribution in [0.3, 0.4) is 0 Å². The number of fused-ring (bicyclic) bond motifs is 1.